The molecule has 1 fully saturated rings. The van der Waals surface area contributed by atoms with Crippen LogP contribution in [0.2, 0.25) is 0 Å². The van der Waals surface area contributed by atoms with Crippen LogP contribution < -0.4 is 4.72 Å². The molecule has 1 N–H and O–H groups in total. The third kappa shape index (κ3) is 5.77. The molecule has 162 valence electrons. The lowest BCUT2D eigenvalue weighted by atomic mass is 10.2. The Morgan fingerprint density at radius 1 is 1.10 bits per heavy atom. The summed E-state index contributed by atoms with van der Waals surface area (Å²) < 4.78 is 65.1. The number of amides is 1. The molecule has 1 aromatic heterocycles. The Bertz CT molecular complexity index is 976. The molecule has 0 bridgehead atoms. The molecule has 30 heavy (non-hydrogen) atoms. The predicted molar refractivity (Wildman–Crippen MR) is 103 cm³/mol. The van der Waals surface area contributed by atoms with E-state index in [1.54, 1.807) is 12.4 Å². The van der Waals surface area contributed by atoms with E-state index in [0.29, 0.717) is 38.8 Å². The number of nitrogens with zero attached hydrogens (tertiary/aromatic N) is 3. The first-order valence-electron chi connectivity index (χ1n) is 9.21. The van der Waals surface area contributed by atoms with Crippen molar-refractivity contribution in [1.82, 2.24) is 19.5 Å². The fraction of sp³-hybridized carbons (Fsp3) is 0.368. The average Bonchev–Trinajstić information content (AvgIpc) is 2.73. The molecule has 0 saturated carbocycles. The van der Waals surface area contributed by atoms with E-state index in [-0.39, 0.29) is 0 Å². The molecule has 1 aliphatic rings. The van der Waals surface area contributed by atoms with Gasteiger partial charge in [-0.3, -0.25) is 14.7 Å². The van der Waals surface area contributed by atoms with Crippen molar-refractivity contribution in [2.24, 2.45) is 0 Å². The van der Waals surface area contributed by atoms with Crippen molar-refractivity contribution >= 4 is 15.9 Å². The Balaban J connectivity index is 1.52. The van der Waals surface area contributed by atoms with E-state index in [1.165, 1.54) is 4.90 Å². The van der Waals surface area contributed by atoms with E-state index in [1.807, 2.05) is 12.1 Å². The summed E-state index contributed by atoms with van der Waals surface area (Å²) in [7, 11) is -4.24. The van der Waals surface area contributed by atoms with Gasteiger partial charge in [0.1, 0.15) is 0 Å². The normalized spacial score (nSPS) is 15.9. The SMILES string of the molecule is O=C(CNS(=O)(=O)c1cccc(C(F)(F)F)c1)N1CCN(Cc2cccnc2)CC1. The maximum Gasteiger partial charge on any atom is 0.416 e. The van der Waals surface area contributed by atoms with Crippen LogP contribution in [0, 0.1) is 0 Å². The lowest BCUT2D eigenvalue weighted by molar-refractivity contribution is -0.137. The zero-order valence-corrected chi connectivity index (χ0v) is 16.8. The molecule has 1 aromatic carbocycles. The van der Waals surface area contributed by atoms with Crippen molar-refractivity contribution in [2.45, 2.75) is 17.6 Å². The number of piperazine rings is 1. The highest BCUT2D eigenvalue weighted by atomic mass is 32.2. The Kier molecular flexibility index (Phi) is 6.74. The quantitative estimate of drug-likeness (QED) is 0.737. The van der Waals surface area contributed by atoms with Crippen molar-refractivity contribution < 1.29 is 26.4 Å². The molecule has 2 aromatic rings. The van der Waals surface area contributed by atoms with Crippen LogP contribution in [-0.4, -0.2) is 61.8 Å². The smallest absolute Gasteiger partial charge is 0.339 e. The average molecular weight is 442 g/mol. The zero-order chi connectivity index (χ0) is 21.8. The third-order valence-corrected chi connectivity index (χ3v) is 6.14. The van der Waals surface area contributed by atoms with E-state index in [9.17, 15) is 26.4 Å². The minimum absolute atomic E-state index is 0.424. The number of aromatic nitrogens is 1. The lowest BCUT2D eigenvalue weighted by Gasteiger charge is -2.34. The van der Waals surface area contributed by atoms with Gasteiger partial charge in [0, 0.05) is 45.1 Å². The molecule has 1 aliphatic heterocycles. The molecule has 0 aliphatic carbocycles. The van der Waals surface area contributed by atoms with Crippen LogP contribution in [0.5, 0.6) is 0 Å². The van der Waals surface area contributed by atoms with Crippen LogP contribution in [0.3, 0.4) is 0 Å². The minimum atomic E-state index is -4.66. The van der Waals surface area contributed by atoms with Crippen molar-refractivity contribution in [3.63, 3.8) is 0 Å². The highest BCUT2D eigenvalue weighted by Gasteiger charge is 2.32. The molecular weight excluding hydrogens is 421 g/mol. The topological polar surface area (TPSA) is 82.6 Å². The molecule has 0 unspecified atom stereocenters. The van der Waals surface area contributed by atoms with Crippen LogP contribution in [0.15, 0.2) is 53.7 Å². The molecule has 3 rings (SSSR count). The van der Waals surface area contributed by atoms with E-state index >= 15 is 0 Å². The molecule has 0 radical (unpaired) electrons. The van der Waals surface area contributed by atoms with Crippen LogP contribution in [0.4, 0.5) is 13.2 Å². The monoisotopic (exact) mass is 442 g/mol. The highest BCUT2D eigenvalue weighted by Crippen LogP contribution is 2.30. The molecule has 7 nitrogen and oxygen atoms in total. The van der Waals surface area contributed by atoms with Gasteiger partial charge in [-0.25, -0.2) is 13.1 Å². The van der Waals surface area contributed by atoms with Crippen LogP contribution in [0.25, 0.3) is 0 Å². The van der Waals surface area contributed by atoms with Gasteiger partial charge in [-0.1, -0.05) is 12.1 Å². The number of carbonyl (C=O) groups is 1. The molecule has 1 amide bonds. The molecular formula is C19H21F3N4O3S. The Labute approximate surface area is 172 Å². The van der Waals surface area contributed by atoms with Crippen LogP contribution in [-0.2, 0) is 27.5 Å². The number of hydrogen-bond donors (Lipinski definition) is 1. The van der Waals surface area contributed by atoms with Gasteiger partial charge in [-0.05, 0) is 29.8 Å². The van der Waals surface area contributed by atoms with E-state index in [4.69, 9.17) is 0 Å². The predicted octanol–water partition coefficient (Wildman–Crippen LogP) is 1.72. The first-order chi connectivity index (χ1) is 14.1. The van der Waals surface area contributed by atoms with Gasteiger partial charge in [-0.15, -0.1) is 0 Å². The molecule has 0 atom stereocenters. The Morgan fingerprint density at radius 3 is 2.47 bits per heavy atom. The number of rotatable bonds is 6. The maximum atomic E-state index is 12.8. The van der Waals surface area contributed by atoms with Gasteiger partial charge in [0.25, 0.3) is 0 Å². The minimum Gasteiger partial charge on any atom is -0.339 e. The summed E-state index contributed by atoms with van der Waals surface area (Å²) in [6, 6.07) is 7.22. The van der Waals surface area contributed by atoms with Gasteiger partial charge in [0.2, 0.25) is 15.9 Å². The van der Waals surface area contributed by atoms with Crippen molar-refractivity contribution in [1.29, 1.82) is 0 Å². The number of benzene rings is 1. The number of sulfonamides is 1. The number of nitrogens with one attached hydrogen (secondary N) is 1. The van der Waals surface area contributed by atoms with E-state index < -0.39 is 39.1 Å². The largest absolute Gasteiger partial charge is 0.416 e. The van der Waals surface area contributed by atoms with E-state index in [2.05, 4.69) is 14.6 Å². The fourth-order valence-corrected chi connectivity index (χ4v) is 4.12. The summed E-state index contributed by atoms with van der Waals surface area (Å²) in [6.07, 6.45) is -1.18. The summed E-state index contributed by atoms with van der Waals surface area (Å²) >= 11 is 0. The second-order valence-corrected chi connectivity index (χ2v) is 8.64. The highest BCUT2D eigenvalue weighted by molar-refractivity contribution is 7.89. The first kappa shape index (κ1) is 22.2. The third-order valence-electron chi connectivity index (χ3n) is 4.74. The summed E-state index contributed by atoms with van der Waals surface area (Å²) in [6.45, 7) is 2.32. The number of halogens is 3. The Hall–Kier alpha value is -2.50. The van der Waals surface area contributed by atoms with Crippen LogP contribution >= 0.6 is 0 Å². The summed E-state index contributed by atoms with van der Waals surface area (Å²) in [5.41, 5.74) is -0.00689. The molecule has 11 heteroatoms. The number of pyridine rings is 1. The zero-order valence-electron chi connectivity index (χ0n) is 16.0. The van der Waals surface area contributed by atoms with E-state index in [0.717, 1.165) is 23.8 Å². The fourth-order valence-electron chi connectivity index (χ4n) is 3.10. The summed E-state index contributed by atoms with van der Waals surface area (Å²) in [5.74, 6) is -0.424. The standard InChI is InChI=1S/C19H21F3N4O3S/c20-19(21,22)16-4-1-5-17(11-16)30(28,29)24-13-18(27)26-9-7-25(8-10-26)14-15-3-2-6-23-12-15/h1-6,11-12,24H,7-10,13-14H2. The van der Waals surface area contributed by atoms with Crippen molar-refractivity contribution in [3.05, 3.63) is 59.9 Å². The molecule has 0 spiro atoms. The number of hydrogen-bond acceptors (Lipinski definition) is 5. The number of carbonyl (C=O) groups excluding carboxylic acids is 1. The van der Waals surface area contributed by atoms with Crippen molar-refractivity contribution in [2.75, 3.05) is 32.7 Å². The van der Waals surface area contributed by atoms with Gasteiger partial charge >= 0.3 is 6.18 Å². The van der Waals surface area contributed by atoms with Crippen molar-refractivity contribution in [3.8, 4) is 0 Å². The maximum absolute atomic E-state index is 12.8. The second kappa shape index (κ2) is 9.11. The number of alkyl halides is 3. The van der Waals surface area contributed by atoms with Crippen LogP contribution in [0.1, 0.15) is 11.1 Å². The van der Waals surface area contributed by atoms with Gasteiger partial charge in [0.05, 0.1) is 17.0 Å². The summed E-state index contributed by atoms with van der Waals surface area (Å²) in [5, 5.41) is 0. The van der Waals surface area contributed by atoms with Gasteiger partial charge in [0.15, 0.2) is 0 Å². The molecule has 2 heterocycles. The Morgan fingerprint density at radius 2 is 1.83 bits per heavy atom. The molecule has 1 saturated heterocycles. The first-order valence-corrected chi connectivity index (χ1v) is 10.7. The van der Waals surface area contributed by atoms with Gasteiger partial charge < -0.3 is 4.90 Å². The summed E-state index contributed by atoms with van der Waals surface area (Å²) in [4.78, 5) is 19.6. The second-order valence-electron chi connectivity index (χ2n) is 6.87. The van der Waals surface area contributed by atoms with Gasteiger partial charge in [-0.2, -0.15) is 13.2 Å². The lowest BCUT2D eigenvalue weighted by Crippen LogP contribution is -2.50.